The lowest BCUT2D eigenvalue weighted by Crippen LogP contribution is -2.27. The number of hydrogen-bond acceptors (Lipinski definition) is 5. The molecule has 126 valence electrons. The Morgan fingerprint density at radius 1 is 1.30 bits per heavy atom. The van der Waals surface area contributed by atoms with Crippen LogP contribution in [0.4, 0.5) is 4.39 Å². The van der Waals surface area contributed by atoms with E-state index in [9.17, 15) is 4.39 Å². The van der Waals surface area contributed by atoms with E-state index in [1.165, 1.54) is 25.0 Å². The number of rotatable bonds is 6. The van der Waals surface area contributed by atoms with E-state index < -0.39 is 0 Å². The summed E-state index contributed by atoms with van der Waals surface area (Å²) >= 11 is 0. The van der Waals surface area contributed by atoms with Gasteiger partial charge in [0, 0.05) is 12.5 Å². The fraction of sp³-hybridized carbons (Fsp3) is 0.500. The van der Waals surface area contributed by atoms with Crippen molar-refractivity contribution >= 4 is 12.4 Å². The lowest BCUT2D eigenvalue weighted by Gasteiger charge is -2.21. The first-order valence-corrected chi connectivity index (χ1v) is 7.70. The molecule has 1 aliphatic rings. The molecule has 0 atom stereocenters. The van der Waals surface area contributed by atoms with E-state index in [2.05, 4.69) is 15.5 Å². The number of nitrogens with zero attached hydrogens (tertiary/aromatic N) is 2. The maximum absolute atomic E-state index is 13.0. The van der Waals surface area contributed by atoms with Crippen molar-refractivity contribution in [3.63, 3.8) is 0 Å². The molecule has 2 aromatic rings. The van der Waals surface area contributed by atoms with Crippen LogP contribution in [0, 0.1) is 11.7 Å². The van der Waals surface area contributed by atoms with Crippen LogP contribution in [0.5, 0.6) is 5.75 Å². The molecule has 1 saturated heterocycles. The Morgan fingerprint density at radius 3 is 2.91 bits per heavy atom. The third kappa shape index (κ3) is 5.48. The molecule has 0 radical (unpaired) electrons. The molecule has 2 heterocycles. The van der Waals surface area contributed by atoms with Crippen molar-refractivity contribution < 1.29 is 13.7 Å². The summed E-state index contributed by atoms with van der Waals surface area (Å²) in [7, 11) is 0. The van der Waals surface area contributed by atoms with Gasteiger partial charge in [0.15, 0.2) is 6.61 Å². The Morgan fingerprint density at radius 2 is 2.13 bits per heavy atom. The summed E-state index contributed by atoms with van der Waals surface area (Å²) in [4.78, 5) is 4.32. The molecule has 0 bridgehead atoms. The van der Waals surface area contributed by atoms with E-state index in [1.54, 1.807) is 12.1 Å². The minimum Gasteiger partial charge on any atom is -0.485 e. The summed E-state index contributed by atoms with van der Waals surface area (Å²) in [5.74, 6) is 2.01. The highest BCUT2D eigenvalue weighted by atomic mass is 35.5. The van der Waals surface area contributed by atoms with Gasteiger partial charge in [-0.25, -0.2) is 4.39 Å². The van der Waals surface area contributed by atoms with Crippen LogP contribution in [-0.2, 0) is 13.0 Å². The monoisotopic (exact) mass is 341 g/mol. The number of hydrogen-bond donors (Lipinski definition) is 1. The molecule has 0 unspecified atom stereocenters. The van der Waals surface area contributed by atoms with Crippen molar-refractivity contribution in [2.45, 2.75) is 32.3 Å². The number of aryl methyl sites for hydroxylation is 1. The minimum absolute atomic E-state index is 0. The quantitative estimate of drug-likeness (QED) is 0.874. The van der Waals surface area contributed by atoms with Gasteiger partial charge in [-0.15, -0.1) is 12.4 Å². The third-order valence-corrected chi connectivity index (χ3v) is 3.90. The van der Waals surface area contributed by atoms with Crippen LogP contribution in [-0.4, -0.2) is 23.2 Å². The van der Waals surface area contributed by atoms with Crippen molar-refractivity contribution in [1.29, 1.82) is 0 Å². The number of benzene rings is 1. The van der Waals surface area contributed by atoms with E-state index in [4.69, 9.17) is 9.26 Å². The van der Waals surface area contributed by atoms with Crippen LogP contribution < -0.4 is 10.1 Å². The Balaban J connectivity index is 0.00000192. The normalized spacial score (nSPS) is 15.2. The van der Waals surface area contributed by atoms with Gasteiger partial charge in [-0.3, -0.25) is 0 Å². The average Bonchev–Trinajstić information content (AvgIpc) is 3.00. The molecule has 0 saturated carbocycles. The van der Waals surface area contributed by atoms with E-state index in [0.29, 0.717) is 17.5 Å². The standard InChI is InChI=1S/C16H20FN3O2.ClH/c17-13-2-1-3-14(10-13)21-11-15-19-16(22-20-15)5-4-12-6-8-18-9-7-12;/h1-3,10,12,18H,4-9,11H2;1H. The molecule has 1 aromatic heterocycles. The molecule has 1 aliphatic heterocycles. The van der Waals surface area contributed by atoms with Crippen LogP contribution in [0.2, 0.25) is 0 Å². The largest absolute Gasteiger partial charge is 0.485 e. The first-order chi connectivity index (χ1) is 10.8. The van der Waals surface area contributed by atoms with Gasteiger partial charge in [0.2, 0.25) is 11.7 Å². The zero-order valence-corrected chi connectivity index (χ0v) is 13.7. The summed E-state index contributed by atoms with van der Waals surface area (Å²) in [6.45, 7) is 2.38. The molecular formula is C16H21ClFN3O2. The van der Waals surface area contributed by atoms with Gasteiger partial charge in [0.05, 0.1) is 0 Å². The first-order valence-electron chi connectivity index (χ1n) is 7.70. The van der Waals surface area contributed by atoms with Crippen LogP contribution >= 0.6 is 12.4 Å². The number of halogens is 2. The van der Waals surface area contributed by atoms with Gasteiger partial charge in [0.1, 0.15) is 11.6 Å². The lowest BCUT2D eigenvalue weighted by molar-refractivity contribution is 0.282. The molecule has 0 amide bonds. The summed E-state index contributed by atoms with van der Waals surface area (Å²) < 4.78 is 23.7. The summed E-state index contributed by atoms with van der Waals surface area (Å²) in [6.07, 6.45) is 4.30. The molecule has 7 heteroatoms. The van der Waals surface area contributed by atoms with Crippen LogP contribution in [0.25, 0.3) is 0 Å². The average molecular weight is 342 g/mol. The molecule has 0 aliphatic carbocycles. The molecular weight excluding hydrogens is 321 g/mol. The maximum atomic E-state index is 13.0. The Bertz CT molecular complexity index is 603. The van der Waals surface area contributed by atoms with E-state index >= 15 is 0 Å². The topological polar surface area (TPSA) is 60.2 Å². The van der Waals surface area contributed by atoms with Crippen molar-refractivity contribution in [3.05, 3.63) is 41.8 Å². The van der Waals surface area contributed by atoms with Crippen molar-refractivity contribution in [1.82, 2.24) is 15.5 Å². The summed E-state index contributed by atoms with van der Waals surface area (Å²) in [5, 5.41) is 7.26. The van der Waals surface area contributed by atoms with Gasteiger partial charge in [0.25, 0.3) is 0 Å². The van der Waals surface area contributed by atoms with Crippen molar-refractivity contribution in [2.75, 3.05) is 13.1 Å². The van der Waals surface area contributed by atoms with Crippen LogP contribution in [0.3, 0.4) is 0 Å². The third-order valence-electron chi connectivity index (χ3n) is 3.90. The van der Waals surface area contributed by atoms with Gasteiger partial charge in [-0.1, -0.05) is 11.2 Å². The van der Waals surface area contributed by atoms with E-state index in [0.717, 1.165) is 31.8 Å². The smallest absolute Gasteiger partial charge is 0.226 e. The molecule has 5 nitrogen and oxygen atoms in total. The Kier molecular flexibility index (Phi) is 6.80. The number of ether oxygens (including phenoxy) is 1. The second kappa shape index (κ2) is 8.84. The van der Waals surface area contributed by atoms with Gasteiger partial charge >= 0.3 is 0 Å². The maximum Gasteiger partial charge on any atom is 0.226 e. The molecule has 3 rings (SSSR count). The SMILES string of the molecule is Cl.Fc1cccc(OCc2noc(CCC3CCNCC3)n2)c1. The van der Waals surface area contributed by atoms with Crippen LogP contribution in [0.1, 0.15) is 31.0 Å². The Hall–Kier alpha value is -1.66. The summed E-state index contributed by atoms with van der Waals surface area (Å²) in [6, 6.07) is 6.00. The van der Waals surface area contributed by atoms with E-state index in [1.807, 2.05) is 0 Å². The highest BCUT2D eigenvalue weighted by molar-refractivity contribution is 5.85. The van der Waals surface area contributed by atoms with Gasteiger partial charge in [-0.2, -0.15) is 4.98 Å². The lowest BCUT2D eigenvalue weighted by atomic mass is 9.93. The van der Waals surface area contributed by atoms with Crippen molar-refractivity contribution in [3.8, 4) is 5.75 Å². The fourth-order valence-corrected chi connectivity index (χ4v) is 2.65. The van der Waals surface area contributed by atoms with Gasteiger partial charge in [-0.05, 0) is 50.4 Å². The predicted octanol–water partition coefficient (Wildman–Crippen LogP) is 3.14. The number of aromatic nitrogens is 2. The minimum atomic E-state index is -0.326. The highest BCUT2D eigenvalue weighted by Crippen LogP contribution is 2.18. The molecule has 0 spiro atoms. The second-order valence-electron chi connectivity index (χ2n) is 5.58. The van der Waals surface area contributed by atoms with Crippen molar-refractivity contribution in [2.24, 2.45) is 5.92 Å². The molecule has 23 heavy (non-hydrogen) atoms. The zero-order chi connectivity index (χ0) is 15.2. The van der Waals surface area contributed by atoms with Gasteiger partial charge < -0.3 is 14.6 Å². The van der Waals surface area contributed by atoms with E-state index in [-0.39, 0.29) is 24.8 Å². The second-order valence-corrected chi connectivity index (χ2v) is 5.58. The Labute approximate surface area is 141 Å². The molecule has 1 aromatic carbocycles. The van der Waals surface area contributed by atoms with Crippen LogP contribution in [0.15, 0.2) is 28.8 Å². The zero-order valence-electron chi connectivity index (χ0n) is 12.8. The molecule has 1 fully saturated rings. The fourth-order valence-electron chi connectivity index (χ4n) is 2.65. The summed E-state index contributed by atoms with van der Waals surface area (Å²) in [5.41, 5.74) is 0. The predicted molar refractivity (Wildman–Crippen MR) is 86.2 cm³/mol. The number of piperidine rings is 1. The first kappa shape index (κ1) is 17.7. The number of nitrogens with one attached hydrogen (secondary N) is 1. The molecule has 1 N–H and O–H groups in total. The highest BCUT2D eigenvalue weighted by Gasteiger charge is 2.15.